The molecule has 4 unspecified atom stereocenters. The van der Waals surface area contributed by atoms with Gasteiger partial charge in [0.05, 0.1) is 5.92 Å². The summed E-state index contributed by atoms with van der Waals surface area (Å²) in [4.78, 5) is 10.7. The van der Waals surface area contributed by atoms with E-state index in [1.807, 2.05) is 0 Å². The molecule has 0 spiro atoms. The number of hydrogen-bond donors (Lipinski definition) is 2. The van der Waals surface area contributed by atoms with Crippen LogP contribution in [0.1, 0.15) is 25.7 Å². The van der Waals surface area contributed by atoms with Crippen LogP contribution in [0.3, 0.4) is 0 Å². The SMILES string of the molecule is NC1CCCC2C(C(=O)O)CC12. The molecule has 0 aromatic heterocycles. The van der Waals surface area contributed by atoms with Gasteiger partial charge in [0.25, 0.3) is 0 Å². The maximum atomic E-state index is 10.7. The molecule has 2 rings (SSSR count). The molecule has 0 heterocycles. The molecule has 0 aliphatic heterocycles. The van der Waals surface area contributed by atoms with E-state index in [2.05, 4.69) is 0 Å². The molecule has 0 aromatic carbocycles. The minimum absolute atomic E-state index is 0.0821. The van der Waals surface area contributed by atoms with Gasteiger partial charge in [0.2, 0.25) is 0 Å². The molecule has 0 saturated heterocycles. The standard InChI is InChI=1S/C9H15NO2/c10-8-3-1-2-5-6(8)4-7(5)9(11)12/h5-8H,1-4,10H2,(H,11,12). The van der Waals surface area contributed by atoms with Gasteiger partial charge in [-0.25, -0.2) is 0 Å². The number of carbonyl (C=O) groups is 1. The predicted octanol–water partition coefficient (Wildman–Crippen LogP) is 0.834. The van der Waals surface area contributed by atoms with E-state index in [-0.39, 0.29) is 12.0 Å². The molecular weight excluding hydrogens is 154 g/mol. The summed E-state index contributed by atoms with van der Waals surface area (Å²) in [7, 11) is 0. The van der Waals surface area contributed by atoms with E-state index in [1.165, 1.54) is 0 Å². The van der Waals surface area contributed by atoms with Crippen LogP contribution in [-0.4, -0.2) is 17.1 Å². The average molecular weight is 169 g/mol. The zero-order valence-electron chi connectivity index (χ0n) is 7.07. The van der Waals surface area contributed by atoms with Gasteiger partial charge >= 0.3 is 5.97 Å². The number of carboxylic acids is 1. The van der Waals surface area contributed by atoms with Crippen LogP contribution in [0.15, 0.2) is 0 Å². The molecule has 12 heavy (non-hydrogen) atoms. The normalized spacial score (nSPS) is 46.1. The number of nitrogens with two attached hydrogens (primary N) is 1. The molecule has 0 bridgehead atoms. The molecule has 2 aliphatic rings. The number of aliphatic carboxylic acids is 1. The van der Waals surface area contributed by atoms with Crippen LogP contribution in [0.4, 0.5) is 0 Å². The fourth-order valence-corrected chi connectivity index (χ4v) is 2.74. The lowest BCUT2D eigenvalue weighted by molar-refractivity contribution is -0.153. The van der Waals surface area contributed by atoms with Gasteiger partial charge in [-0.05, 0) is 31.1 Å². The fourth-order valence-electron chi connectivity index (χ4n) is 2.74. The largest absolute Gasteiger partial charge is 0.481 e. The molecule has 3 N–H and O–H groups in total. The Morgan fingerprint density at radius 1 is 1.33 bits per heavy atom. The number of carboxylic acid groups (broad SMARTS) is 1. The fraction of sp³-hybridized carbons (Fsp3) is 0.889. The summed E-state index contributed by atoms with van der Waals surface area (Å²) in [6, 6.07) is 0.277. The monoisotopic (exact) mass is 169 g/mol. The lowest BCUT2D eigenvalue weighted by Gasteiger charge is -2.48. The smallest absolute Gasteiger partial charge is 0.306 e. The molecular formula is C9H15NO2. The van der Waals surface area contributed by atoms with Gasteiger partial charge in [0.1, 0.15) is 0 Å². The first-order valence-electron chi connectivity index (χ1n) is 4.68. The summed E-state index contributed by atoms with van der Waals surface area (Å²) >= 11 is 0. The molecule has 0 aromatic rings. The van der Waals surface area contributed by atoms with Gasteiger partial charge in [-0.1, -0.05) is 6.42 Å². The third-order valence-corrected chi connectivity index (χ3v) is 3.53. The van der Waals surface area contributed by atoms with Gasteiger partial charge in [0, 0.05) is 6.04 Å². The van der Waals surface area contributed by atoms with E-state index in [9.17, 15) is 4.79 Å². The molecule has 3 nitrogen and oxygen atoms in total. The lowest BCUT2D eigenvalue weighted by Crippen LogP contribution is -2.52. The van der Waals surface area contributed by atoms with E-state index in [0.717, 1.165) is 25.7 Å². The second kappa shape index (κ2) is 2.73. The van der Waals surface area contributed by atoms with Crippen molar-refractivity contribution in [2.75, 3.05) is 0 Å². The predicted molar refractivity (Wildman–Crippen MR) is 44.5 cm³/mol. The van der Waals surface area contributed by atoms with Crippen LogP contribution < -0.4 is 5.73 Å². The van der Waals surface area contributed by atoms with Crippen molar-refractivity contribution < 1.29 is 9.90 Å². The van der Waals surface area contributed by atoms with Gasteiger partial charge in [-0.3, -0.25) is 4.79 Å². The molecule has 68 valence electrons. The number of fused-ring (bicyclic) bond motifs is 1. The van der Waals surface area contributed by atoms with Crippen molar-refractivity contribution in [1.82, 2.24) is 0 Å². The third kappa shape index (κ3) is 1.04. The van der Waals surface area contributed by atoms with Crippen molar-refractivity contribution in [3.8, 4) is 0 Å². The molecule has 2 fully saturated rings. The summed E-state index contributed by atoms with van der Waals surface area (Å²) in [6.07, 6.45) is 4.11. The minimum atomic E-state index is -0.620. The maximum absolute atomic E-state index is 10.7. The average Bonchev–Trinajstić information content (AvgIpc) is 1.92. The molecule has 4 atom stereocenters. The summed E-state index contributed by atoms with van der Waals surface area (Å²) in [6.45, 7) is 0. The Bertz CT molecular complexity index is 205. The second-order valence-corrected chi connectivity index (χ2v) is 4.10. The van der Waals surface area contributed by atoms with Crippen LogP contribution in [0.5, 0.6) is 0 Å². The third-order valence-electron chi connectivity index (χ3n) is 3.53. The number of rotatable bonds is 1. The van der Waals surface area contributed by atoms with E-state index in [4.69, 9.17) is 10.8 Å². The Morgan fingerprint density at radius 3 is 2.75 bits per heavy atom. The summed E-state index contributed by atoms with van der Waals surface area (Å²) < 4.78 is 0. The first-order chi connectivity index (χ1) is 5.70. The molecule has 0 amide bonds. The summed E-state index contributed by atoms with van der Waals surface area (Å²) in [5, 5.41) is 8.82. The highest BCUT2D eigenvalue weighted by molar-refractivity contribution is 5.71. The quantitative estimate of drug-likeness (QED) is 0.611. The van der Waals surface area contributed by atoms with E-state index in [1.54, 1.807) is 0 Å². The zero-order chi connectivity index (χ0) is 8.72. The Labute approximate surface area is 71.9 Å². The van der Waals surface area contributed by atoms with E-state index in [0.29, 0.717) is 11.8 Å². The summed E-state index contributed by atoms with van der Waals surface area (Å²) in [5.74, 6) is 0.206. The summed E-state index contributed by atoms with van der Waals surface area (Å²) in [5.41, 5.74) is 5.89. The zero-order valence-corrected chi connectivity index (χ0v) is 7.07. The molecule has 0 radical (unpaired) electrons. The van der Waals surface area contributed by atoms with Gasteiger partial charge in [-0.15, -0.1) is 0 Å². The van der Waals surface area contributed by atoms with Crippen LogP contribution in [0.25, 0.3) is 0 Å². The van der Waals surface area contributed by atoms with E-state index < -0.39 is 5.97 Å². The molecule has 3 heteroatoms. The van der Waals surface area contributed by atoms with E-state index >= 15 is 0 Å². The van der Waals surface area contributed by atoms with Crippen molar-refractivity contribution in [3.05, 3.63) is 0 Å². The maximum Gasteiger partial charge on any atom is 0.306 e. The second-order valence-electron chi connectivity index (χ2n) is 4.10. The van der Waals surface area contributed by atoms with Crippen LogP contribution in [0.2, 0.25) is 0 Å². The van der Waals surface area contributed by atoms with Crippen molar-refractivity contribution in [2.24, 2.45) is 23.5 Å². The number of hydrogen-bond acceptors (Lipinski definition) is 2. The van der Waals surface area contributed by atoms with Crippen LogP contribution in [-0.2, 0) is 4.79 Å². The lowest BCUT2D eigenvalue weighted by atomic mass is 9.57. The van der Waals surface area contributed by atoms with Crippen LogP contribution in [0, 0.1) is 17.8 Å². The Balaban J connectivity index is 2.00. The Hall–Kier alpha value is -0.570. The van der Waals surface area contributed by atoms with Crippen molar-refractivity contribution >= 4 is 5.97 Å². The Kier molecular flexibility index (Phi) is 1.83. The highest BCUT2D eigenvalue weighted by Crippen LogP contribution is 2.48. The van der Waals surface area contributed by atoms with Gasteiger partial charge < -0.3 is 10.8 Å². The van der Waals surface area contributed by atoms with Crippen molar-refractivity contribution in [1.29, 1.82) is 0 Å². The Morgan fingerprint density at radius 2 is 2.08 bits per heavy atom. The first kappa shape index (κ1) is 8.05. The highest BCUT2D eigenvalue weighted by Gasteiger charge is 2.48. The van der Waals surface area contributed by atoms with Crippen molar-refractivity contribution in [3.63, 3.8) is 0 Å². The highest BCUT2D eigenvalue weighted by atomic mass is 16.4. The minimum Gasteiger partial charge on any atom is -0.481 e. The van der Waals surface area contributed by atoms with Gasteiger partial charge in [-0.2, -0.15) is 0 Å². The van der Waals surface area contributed by atoms with Crippen molar-refractivity contribution in [2.45, 2.75) is 31.7 Å². The van der Waals surface area contributed by atoms with Gasteiger partial charge in [0.15, 0.2) is 0 Å². The first-order valence-corrected chi connectivity index (χ1v) is 4.68. The topological polar surface area (TPSA) is 63.3 Å². The molecule has 2 aliphatic carbocycles. The molecule has 2 saturated carbocycles. The van der Waals surface area contributed by atoms with Crippen LogP contribution >= 0.6 is 0 Å².